The van der Waals surface area contributed by atoms with Crippen LogP contribution >= 0.6 is 11.6 Å². The van der Waals surface area contributed by atoms with Gasteiger partial charge in [-0.1, -0.05) is 17.7 Å². The summed E-state index contributed by atoms with van der Waals surface area (Å²) >= 11 is 6.16. The van der Waals surface area contributed by atoms with Gasteiger partial charge in [0.25, 0.3) is 0 Å². The van der Waals surface area contributed by atoms with Crippen molar-refractivity contribution in [2.45, 2.75) is 6.54 Å². The van der Waals surface area contributed by atoms with Gasteiger partial charge >= 0.3 is 0 Å². The first-order valence-corrected chi connectivity index (χ1v) is 8.95. The molecular weight excluding hydrogens is 383 g/mol. The number of halogens is 2. The van der Waals surface area contributed by atoms with Crippen molar-refractivity contribution in [1.29, 1.82) is 0 Å². The number of ether oxygens (including phenoxy) is 2. The lowest BCUT2D eigenvalue weighted by Crippen LogP contribution is -2.01. The molecule has 0 aliphatic carbocycles. The average molecular weight is 397 g/mol. The Morgan fingerprint density at radius 2 is 1.96 bits per heavy atom. The van der Waals surface area contributed by atoms with Gasteiger partial charge in [0.1, 0.15) is 23.6 Å². The first kappa shape index (κ1) is 16.8. The maximum absolute atomic E-state index is 13.3. The predicted molar refractivity (Wildman–Crippen MR) is 104 cm³/mol. The van der Waals surface area contributed by atoms with Crippen LogP contribution < -0.4 is 14.8 Å². The molecule has 1 aliphatic rings. The van der Waals surface area contributed by atoms with Crippen LogP contribution in [0.15, 0.2) is 55.0 Å². The number of benzene rings is 2. The second kappa shape index (κ2) is 6.69. The number of hydrogen-bond acceptors (Lipinski definition) is 5. The molecule has 140 valence electrons. The van der Waals surface area contributed by atoms with E-state index in [4.69, 9.17) is 21.1 Å². The molecule has 0 amide bonds. The Bertz CT molecular complexity index is 1190. The highest BCUT2D eigenvalue weighted by atomic mass is 35.5. The van der Waals surface area contributed by atoms with Crippen molar-refractivity contribution in [3.05, 3.63) is 71.4 Å². The molecule has 8 heteroatoms. The van der Waals surface area contributed by atoms with Crippen LogP contribution in [0.5, 0.6) is 11.5 Å². The van der Waals surface area contributed by atoms with Gasteiger partial charge in [-0.25, -0.2) is 14.4 Å². The summed E-state index contributed by atoms with van der Waals surface area (Å²) in [5, 5.41) is 4.54. The normalized spacial score (nSPS) is 12.5. The smallest absolute Gasteiger partial charge is 0.231 e. The molecule has 6 nitrogen and oxygen atoms in total. The van der Waals surface area contributed by atoms with Gasteiger partial charge in [0.15, 0.2) is 11.5 Å². The SMILES string of the molecule is Fc1ccc(Cn2ccc3c(Nc4ccc5c(c4)OCO5)ncnc32)c(Cl)c1. The van der Waals surface area contributed by atoms with Crippen LogP contribution in [-0.2, 0) is 6.54 Å². The third kappa shape index (κ3) is 2.99. The second-order valence-corrected chi connectivity index (χ2v) is 6.74. The topological polar surface area (TPSA) is 61.2 Å². The Hall–Kier alpha value is -3.32. The maximum Gasteiger partial charge on any atom is 0.231 e. The first-order valence-electron chi connectivity index (χ1n) is 8.58. The molecule has 0 bridgehead atoms. The molecule has 0 radical (unpaired) electrons. The Kier molecular flexibility index (Phi) is 4.02. The molecule has 3 heterocycles. The standard InChI is InChI=1S/C20H14ClFN4O2/c21-16-7-13(22)2-1-12(16)9-26-6-5-15-19(23-10-24-20(15)26)25-14-3-4-17-18(8-14)28-11-27-17/h1-8,10H,9,11H2,(H,23,24,25). The minimum atomic E-state index is -0.358. The van der Waals surface area contributed by atoms with E-state index in [2.05, 4.69) is 15.3 Å². The lowest BCUT2D eigenvalue weighted by molar-refractivity contribution is 0.174. The number of hydrogen-bond donors (Lipinski definition) is 1. The van der Waals surface area contributed by atoms with Gasteiger partial charge in [0.2, 0.25) is 6.79 Å². The fourth-order valence-corrected chi connectivity index (χ4v) is 3.40. The molecule has 0 fully saturated rings. The van der Waals surface area contributed by atoms with E-state index in [9.17, 15) is 4.39 Å². The summed E-state index contributed by atoms with van der Waals surface area (Å²) in [6.45, 7) is 0.703. The number of nitrogens with zero attached hydrogens (tertiary/aromatic N) is 3. The Morgan fingerprint density at radius 1 is 1.07 bits per heavy atom. The third-order valence-electron chi connectivity index (χ3n) is 4.55. The highest BCUT2D eigenvalue weighted by molar-refractivity contribution is 6.31. The molecule has 28 heavy (non-hydrogen) atoms. The fourth-order valence-electron chi connectivity index (χ4n) is 3.18. The van der Waals surface area contributed by atoms with E-state index < -0.39 is 0 Å². The predicted octanol–water partition coefficient (Wildman–Crippen LogP) is 4.74. The molecule has 0 saturated carbocycles. The van der Waals surface area contributed by atoms with Crippen LogP contribution in [0, 0.1) is 5.82 Å². The zero-order valence-electron chi connectivity index (χ0n) is 14.5. The van der Waals surface area contributed by atoms with Gasteiger partial charge in [-0.3, -0.25) is 0 Å². The summed E-state index contributed by atoms with van der Waals surface area (Å²) in [5.41, 5.74) is 2.39. The van der Waals surface area contributed by atoms with E-state index in [0.717, 1.165) is 28.0 Å². The minimum absolute atomic E-state index is 0.228. The monoisotopic (exact) mass is 396 g/mol. The summed E-state index contributed by atoms with van der Waals surface area (Å²) in [7, 11) is 0. The molecule has 1 N–H and O–H groups in total. The van der Waals surface area contributed by atoms with E-state index in [1.807, 2.05) is 35.0 Å². The summed E-state index contributed by atoms with van der Waals surface area (Å²) in [5.74, 6) is 1.73. The summed E-state index contributed by atoms with van der Waals surface area (Å²) < 4.78 is 26.0. The third-order valence-corrected chi connectivity index (χ3v) is 4.90. The number of nitrogens with one attached hydrogen (secondary N) is 1. The van der Waals surface area contributed by atoms with Crippen molar-refractivity contribution in [3.63, 3.8) is 0 Å². The van der Waals surface area contributed by atoms with Gasteiger partial charge in [-0.15, -0.1) is 0 Å². The van der Waals surface area contributed by atoms with Crippen LogP contribution in [0.25, 0.3) is 11.0 Å². The van der Waals surface area contributed by atoms with Crippen LogP contribution in [0.1, 0.15) is 5.56 Å². The highest BCUT2D eigenvalue weighted by Crippen LogP contribution is 2.35. The average Bonchev–Trinajstić information content (AvgIpc) is 3.31. The van der Waals surface area contributed by atoms with Crippen molar-refractivity contribution in [2.75, 3.05) is 12.1 Å². The molecule has 0 atom stereocenters. The molecule has 1 aliphatic heterocycles. The van der Waals surface area contributed by atoms with Crippen LogP contribution in [0.4, 0.5) is 15.9 Å². The summed E-state index contributed by atoms with van der Waals surface area (Å²) in [6.07, 6.45) is 3.41. The van der Waals surface area contributed by atoms with E-state index in [1.165, 1.54) is 18.5 Å². The van der Waals surface area contributed by atoms with Crippen LogP contribution in [-0.4, -0.2) is 21.3 Å². The summed E-state index contributed by atoms with van der Waals surface area (Å²) in [4.78, 5) is 8.76. The van der Waals surface area contributed by atoms with Gasteiger partial charge in [-0.2, -0.15) is 0 Å². The zero-order valence-corrected chi connectivity index (χ0v) is 15.3. The lowest BCUT2D eigenvalue weighted by Gasteiger charge is -2.09. The maximum atomic E-state index is 13.3. The Morgan fingerprint density at radius 3 is 2.86 bits per heavy atom. The molecule has 4 aromatic rings. The number of fused-ring (bicyclic) bond motifs is 2. The molecular formula is C20H14ClFN4O2. The van der Waals surface area contributed by atoms with Crippen LogP contribution in [0.2, 0.25) is 5.02 Å². The van der Waals surface area contributed by atoms with Gasteiger partial charge in [-0.05, 0) is 35.9 Å². The van der Waals surface area contributed by atoms with Gasteiger partial charge < -0.3 is 19.4 Å². The lowest BCUT2D eigenvalue weighted by atomic mass is 10.2. The van der Waals surface area contributed by atoms with Crippen molar-refractivity contribution in [2.24, 2.45) is 0 Å². The Labute approximate surface area is 164 Å². The van der Waals surface area contributed by atoms with E-state index in [0.29, 0.717) is 23.1 Å². The molecule has 0 spiro atoms. The van der Waals surface area contributed by atoms with E-state index in [-0.39, 0.29) is 12.6 Å². The zero-order chi connectivity index (χ0) is 19.1. The molecule has 2 aromatic heterocycles. The van der Waals surface area contributed by atoms with Crippen molar-refractivity contribution in [3.8, 4) is 11.5 Å². The second-order valence-electron chi connectivity index (χ2n) is 6.33. The van der Waals surface area contributed by atoms with Crippen LogP contribution in [0.3, 0.4) is 0 Å². The first-order chi connectivity index (χ1) is 13.7. The molecule has 0 saturated heterocycles. The molecule has 2 aromatic carbocycles. The number of rotatable bonds is 4. The van der Waals surface area contributed by atoms with Gasteiger partial charge in [0, 0.05) is 23.0 Å². The fraction of sp³-hybridized carbons (Fsp3) is 0.100. The molecule has 5 rings (SSSR count). The minimum Gasteiger partial charge on any atom is -0.454 e. The largest absolute Gasteiger partial charge is 0.454 e. The quantitative estimate of drug-likeness (QED) is 0.539. The van der Waals surface area contributed by atoms with Crippen molar-refractivity contribution in [1.82, 2.24) is 14.5 Å². The summed E-state index contributed by atoms with van der Waals surface area (Å²) in [6, 6.07) is 11.9. The number of anilines is 2. The molecule has 0 unspecified atom stereocenters. The van der Waals surface area contributed by atoms with E-state index >= 15 is 0 Å². The van der Waals surface area contributed by atoms with Gasteiger partial charge in [0.05, 0.1) is 11.9 Å². The number of aromatic nitrogens is 3. The van der Waals surface area contributed by atoms with Crippen molar-refractivity contribution < 1.29 is 13.9 Å². The highest BCUT2D eigenvalue weighted by Gasteiger charge is 2.15. The van der Waals surface area contributed by atoms with E-state index in [1.54, 1.807) is 6.07 Å². The Balaban J connectivity index is 1.47. The van der Waals surface area contributed by atoms with Crippen molar-refractivity contribution >= 4 is 34.1 Å².